The van der Waals surface area contributed by atoms with E-state index in [4.69, 9.17) is 22.2 Å². The Morgan fingerprint density at radius 3 is 3.10 bits per heavy atom. The minimum Gasteiger partial charge on any atom is -0.363 e. The molecule has 3 rings (SSSR count). The van der Waals surface area contributed by atoms with Crippen molar-refractivity contribution in [1.29, 1.82) is 0 Å². The Bertz CT molecular complexity index is 640. The number of nitrogens with one attached hydrogen (secondary N) is 1. The lowest BCUT2D eigenvalue weighted by molar-refractivity contribution is -0.132. The third kappa shape index (κ3) is 2.40. The van der Waals surface area contributed by atoms with Crippen molar-refractivity contribution >= 4 is 28.4 Å². The van der Waals surface area contributed by atoms with Gasteiger partial charge in [0.2, 0.25) is 0 Å². The van der Waals surface area contributed by atoms with Crippen LogP contribution in [0.1, 0.15) is 12.8 Å². The quantitative estimate of drug-likeness (QED) is 0.515. The van der Waals surface area contributed by atoms with Gasteiger partial charge in [-0.15, -0.1) is 0 Å². The van der Waals surface area contributed by atoms with Crippen molar-refractivity contribution in [3.05, 3.63) is 35.5 Å². The van der Waals surface area contributed by atoms with Gasteiger partial charge in [-0.25, -0.2) is 5.84 Å². The predicted molar refractivity (Wildman–Crippen MR) is 77.2 cm³/mol. The number of ether oxygens (including phenoxy) is 1. The minimum atomic E-state index is -0.442. The first-order valence-corrected chi connectivity index (χ1v) is 6.96. The molecule has 1 aromatic heterocycles. The van der Waals surface area contributed by atoms with E-state index in [1.165, 1.54) is 0 Å². The highest BCUT2D eigenvalue weighted by molar-refractivity contribution is 6.35. The first-order valence-electron chi connectivity index (χ1n) is 6.58. The first-order chi connectivity index (χ1) is 9.69. The van der Waals surface area contributed by atoms with Gasteiger partial charge >= 0.3 is 0 Å². The van der Waals surface area contributed by atoms with Crippen LogP contribution in [-0.4, -0.2) is 22.7 Å². The summed E-state index contributed by atoms with van der Waals surface area (Å²) in [5.41, 5.74) is 3.14. The molecule has 1 aliphatic rings. The number of rotatable bonds is 3. The Labute approximate surface area is 121 Å². The molecule has 2 heterocycles. The van der Waals surface area contributed by atoms with Gasteiger partial charge in [-0.05, 0) is 25.0 Å². The number of nitrogens with two attached hydrogens (primary N) is 1. The summed E-state index contributed by atoms with van der Waals surface area (Å²) in [5, 5.41) is 1.83. The number of halogens is 1. The van der Waals surface area contributed by atoms with Crippen molar-refractivity contribution in [3.63, 3.8) is 0 Å². The van der Waals surface area contributed by atoms with E-state index in [1.807, 2.05) is 30.5 Å². The molecule has 1 saturated heterocycles. The lowest BCUT2D eigenvalue weighted by Crippen LogP contribution is -2.39. The maximum absolute atomic E-state index is 11.4. The van der Waals surface area contributed by atoms with Gasteiger partial charge in [0.15, 0.2) is 0 Å². The van der Waals surface area contributed by atoms with Crippen molar-refractivity contribution in [3.8, 4) is 0 Å². The number of para-hydroxylation sites is 1. The van der Waals surface area contributed by atoms with Crippen LogP contribution in [0.3, 0.4) is 0 Å². The molecule has 1 amide bonds. The molecule has 1 aliphatic heterocycles. The zero-order valence-corrected chi connectivity index (χ0v) is 11.6. The highest BCUT2D eigenvalue weighted by Gasteiger charge is 2.30. The monoisotopic (exact) mass is 293 g/mol. The Morgan fingerprint density at radius 1 is 1.45 bits per heavy atom. The third-order valence-corrected chi connectivity index (χ3v) is 3.99. The van der Waals surface area contributed by atoms with E-state index in [-0.39, 0.29) is 12.0 Å². The molecule has 0 saturated carbocycles. The van der Waals surface area contributed by atoms with Crippen molar-refractivity contribution in [2.24, 2.45) is 5.84 Å². The number of aromatic nitrogens is 1. The van der Waals surface area contributed by atoms with Gasteiger partial charge in [0.05, 0.1) is 16.6 Å². The van der Waals surface area contributed by atoms with Crippen LogP contribution in [0.25, 0.3) is 10.9 Å². The van der Waals surface area contributed by atoms with Crippen LogP contribution in [0.2, 0.25) is 5.02 Å². The van der Waals surface area contributed by atoms with E-state index >= 15 is 0 Å². The van der Waals surface area contributed by atoms with Crippen LogP contribution in [0.5, 0.6) is 0 Å². The fourth-order valence-electron chi connectivity index (χ4n) is 2.71. The minimum absolute atomic E-state index is 0.00386. The molecule has 5 nitrogen and oxygen atoms in total. The highest BCUT2D eigenvalue weighted by atomic mass is 35.5. The zero-order valence-electron chi connectivity index (χ0n) is 10.9. The molecule has 1 fully saturated rings. The topological polar surface area (TPSA) is 69.3 Å². The standard InChI is InChI=1S/C14H16ClN3O2/c15-11-3-1-2-9-6-7-18(13(9)11)8-10-4-5-12(20-10)14(19)17-16/h1-3,6-7,10,12H,4-5,8,16H2,(H,17,19). The predicted octanol–water partition coefficient (Wildman–Crippen LogP) is 1.83. The zero-order chi connectivity index (χ0) is 14.1. The highest BCUT2D eigenvalue weighted by Crippen LogP contribution is 2.27. The SMILES string of the molecule is NNC(=O)C1CCC(Cn2ccc3cccc(Cl)c32)O1. The van der Waals surface area contributed by atoms with Gasteiger partial charge in [0.25, 0.3) is 5.91 Å². The molecule has 6 heteroatoms. The maximum atomic E-state index is 11.4. The van der Waals surface area contributed by atoms with E-state index in [2.05, 4.69) is 9.99 Å². The fraction of sp³-hybridized carbons (Fsp3) is 0.357. The molecule has 0 radical (unpaired) electrons. The Morgan fingerprint density at radius 2 is 2.30 bits per heavy atom. The van der Waals surface area contributed by atoms with Crippen LogP contribution in [0.15, 0.2) is 30.5 Å². The summed E-state index contributed by atoms with van der Waals surface area (Å²) in [6.07, 6.45) is 3.09. The normalized spacial score (nSPS) is 22.3. The van der Waals surface area contributed by atoms with Gasteiger partial charge in [-0.1, -0.05) is 23.7 Å². The molecular weight excluding hydrogens is 278 g/mol. The molecule has 20 heavy (non-hydrogen) atoms. The second kappa shape index (κ2) is 5.44. The Balaban J connectivity index is 1.76. The summed E-state index contributed by atoms with van der Waals surface area (Å²) in [4.78, 5) is 11.4. The summed E-state index contributed by atoms with van der Waals surface area (Å²) >= 11 is 6.25. The number of fused-ring (bicyclic) bond motifs is 1. The number of hydrazine groups is 1. The van der Waals surface area contributed by atoms with E-state index in [1.54, 1.807) is 0 Å². The van der Waals surface area contributed by atoms with E-state index < -0.39 is 6.10 Å². The van der Waals surface area contributed by atoms with Crippen LogP contribution >= 0.6 is 11.6 Å². The van der Waals surface area contributed by atoms with Crippen LogP contribution in [0.4, 0.5) is 0 Å². The van der Waals surface area contributed by atoms with Gasteiger partial charge in [0.1, 0.15) is 6.10 Å². The molecule has 0 bridgehead atoms. The summed E-state index contributed by atoms with van der Waals surface area (Å²) in [6.45, 7) is 0.682. The summed E-state index contributed by atoms with van der Waals surface area (Å²) in [7, 11) is 0. The average Bonchev–Trinajstić information content (AvgIpc) is 3.07. The molecule has 2 atom stereocenters. The maximum Gasteiger partial charge on any atom is 0.263 e. The summed E-state index contributed by atoms with van der Waals surface area (Å²) < 4.78 is 7.79. The Hall–Kier alpha value is -1.56. The van der Waals surface area contributed by atoms with Crippen LogP contribution in [-0.2, 0) is 16.1 Å². The van der Waals surface area contributed by atoms with Crippen LogP contribution < -0.4 is 11.3 Å². The molecule has 2 aromatic rings. The summed E-state index contributed by atoms with van der Waals surface area (Å²) in [6, 6.07) is 7.86. The number of nitrogens with zero attached hydrogens (tertiary/aromatic N) is 1. The molecule has 3 N–H and O–H groups in total. The Kier molecular flexibility index (Phi) is 3.65. The van der Waals surface area contributed by atoms with Crippen molar-refractivity contribution in [1.82, 2.24) is 9.99 Å². The van der Waals surface area contributed by atoms with Gasteiger partial charge in [-0.3, -0.25) is 10.2 Å². The second-order valence-corrected chi connectivity index (χ2v) is 5.39. The van der Waals surface area contributed by atoms with Gasteiger partial charge in [-0.2, -0.15) is 0 Å². The lowest BCUT2D eigenvalue weighted by atomic mass is 10.2. The molecule has 1 aromatic carbocycles. The third-order valence-electron chi connectivity index (χ3n) is 3.68. The average molecular weight is 294 g/mol. The second-order valence-electron chi connectivity index (χ2n) is 4.98. The molecular formula is C14H16ClN3O2. The van der Waals surface area contributed by atoms with Gasteiger partial charge < -0.3 is 9.30 Å². The van der Waals surface area contributed by atoms with E-state index in [0.29, 0.717) is 13.0 Å². The van der Waals surface area contributed by atoms with E-state index in [9.17, 15) is 4.79 Å². The lowest BCUT2D eigenvalue weighted by Gasteiger charge is -2.14. The molecule has 0 spiro atoms. The van der Waals surface area contributed by atoms with Crippen molar-refractivity contribution < 1.29 is 9.53 Å². The summed E-state index contributed by atoms with van der Waals surface area (Å²) in [5.74, 6) is 4.86. The van der Waals surface area contributed by atoms with Crippen molar-refractivity contribution in [2.45, 2.75) is 31.6 Å². The molecule has 2 unspecified atom stereocenters. The number of hydrogen-bond acceptors (Lipinski definition) is 3. The number of hydrogen-bond donors (Lipinski definition) is 2. The molecule has 106 valence electrons. The largest absolute Gasteiger partial charge is 0.363 e. The fourth-order valence-corrected chi connectivity index (χ4v) is 3.00. The smallest absolute Gasteiger partial charge is 0.263 e. The van der Waals surface area contributed by atoms with Gasteiger partial charge in [0, 0.05) is 18.1 Å². The van der Waals surface area contributed by atoms with E-state index in [0.717, 1.165) is 22.3 Å². The number of carbonyl (C=O) groups is 1. The first kappa shape index (κ1) is 13.4. The number of amides is 1. The van der Waals surface area contributed by atoms with Crippen LogP contribution in [0, 0.1) is 0 Å². The molecule has 0 aliphatic carbocycles. The number of benzene rings is 1. The van der Waals surface area contributed by atoms with Crippen molar-refractivity contribution in [2.75, 3.05) is 0 Å². The number of carbonyl (C=O) groups excluding carboxylic acids is 1.